The normalized spacial score (nSPS) is 19.4. The monoisotopic (exact) mass is 446 g/mol. The molecule has 150 valence electrons. The van der Waals surface area contributed by atoms with Gasteiger partial charge < -0.3 is 20.1 Å². The molecule has 1 saturated heterocycles. The number of aromatic nitrogens is 1. The van der Waals surface area contributed by atoms with Gasteiger partial charge in [-0.2, -0.15) is 0 Å². The smallest absolute Gasteiger partial charge is 0.319 e. The number of amides is 3. The van der Waals surface area contributed by atoms with Crippen molar-refractivity contribution in [2.75, 3.05) is 18.4 Å². The Morgan fingerprint density at radius 2 is 1.89 bits per heavy atom. The fraction of sp³-hybridized carbons (Fsp3) is 0.429. The number of urea groups is 1. The summed E-state index contributed by atoms with van der Waals surface area (Å²) in [5.74, 6) is 0.909. The van der Waals surface area contributed by atoms with E-state index in [1.165, 1.54) is 0 Å². The zero-order valence-electron chi connectivity index (χ0n) is 16.5. The second-order valence-corrected chi connectivity index (χ2v) is 8.68. The third kappa shape index (κ3) is 4.95. The van der Waals surface area contributed by atoms with Crippen LogP contribution < -0.4 is 10.6 Å². The van der Waals surface area contributed by atoms with Crippen molar-refractivity contribution in [2.45, 2.75) is 26.8 Å². The number of carbonyl (C=O) groups excluding carboxylic acids is 2. The van der Waals surface area contributed by atoms with E-state index in [1.54, 1.807) is 12.1 Å². The van der Waals surface area contributed by atoms with Gasteiger partial charge in [-0.05, 0) is 48.6 Å². The van der Waals surface area contributed by atoms with Crippen molar-refractivity contribution < 1.29 is 9.59 Å². The highest BCUT2D eigenvalue weighted by Crippen LogP contribution is 2.27. The Balaban J connectivity index is 1.72. The first kappa shape index (κ1) is 20.5. The lowest BCUT2D eigenvalue weighted by atomic mass is 9.91. The van der Waals surface area contributed by atoms with E-state index in [1.807, 2.05) is 40.9 Å². The molecule has 3 rings (SSSR count). The van der Waals surface area contributed by atoms with E-state index in [0.717, 1.165) is 29.7 Å². The molecule has 1 aromatic carbocycles. The number of nitrogens with one attached hydrogen (secondary N) is 2. The molecular weight excluding hydrogens is 420 g/mol. The van der Waals surface area contributed by atoms with Crippen LogP contribution in [0.15, 0.2) is 41.0 Å². The molecule has 0 saturated carbocycles. The van der Waals surface area contributed by atoms with Crippen molar-refractivity contribution in [3.05, 3.63) is 52.3 Å². The van der Waals surface area contributed by atoms with Gasteiger partial charge in [0.1, 0.15) is 0 Å². The second-order valence-electron chi connectivity index (χ2n) is 7.76. The fourth-order valence-corrected chi connectivity index (χ4v) is 4.18. The average Bonchev–Trinajstić information content (AvgIpc) is 3.05. The summed E-state index contributed by atoms with van der Waals surface area (Å²) in [4.78, 5) is 27.5. The molecule has 3 amide bonds. The minimum Gasteiger partial charge on any atom is -0.353 e. The van der Waals surface area contributed by atoms with Crippen molar-refractivity contribution in [1.29, 1.82) is 0 Å². The quantitative estimate of drug-likeness (QED) is 0.737. The molecular formula is C21H27BrN4O2. The van der Waals surface area contributed by atoms with E-state index in [9.17, 15) is 9.59 Å². The standard InChI is InChI=1S/C21H27BrN4O2/c1-14-9-15(2)13-26(12-14)20(27)18-10-16(22)6-7-19(18)24-21(28)23-11-17-5-4-8-25(17)3/h4-8,10,14-15H,9,11-13H2,1-3H3,(H2,23,24,28)/t14-,15+. The van der Waals surface area contributed by atoms with Gasteiger partial charge in [0.2, 0.25) is 0 Å². The SMILES string of the molecule is C[C@@H]1C[C@H](C)CN(C(=O)c2cc(Br)ccc2NC(=O)NCc2cccn2C)C1. The Morgan fingerprint density at radius 1 is 1.18 bits per heavy atom. The zero-order chi connectivity index (χ0) is 20.3. The molecule has 2 atom stereocenters. The van der Waals surface area contributed by atoms with Gasteiger partial charge in [0, 0.05) is 36.5 Å². The summed E-state index contributed by atoms with van der Waals surface area (Å²) < 4.78 is 2.76. The molecule has 2 heterocycles. The summed E-state index contributed by atoms with van der Waals surface area (Å²) in [5.41, 5.74) is 2.02. The number of hydrogen-bond donors (Lipinski definition) is 2. The third-order valence-corrected chi connectivity index (χ3v) is 5.59. The molecule has 2 N–H and O–H groups in total. The second kappa shape index (κ2) is 8.82. The first-order chi connectivity index (χ1) is 13.3. The molecule has 28 heavy (non-hydrogen) atoms. The van der Waals surface area contributed by atoms with Gasteiger partial charge in [-0.3, -0.25) is 4.79 Å². The van der Waals surface area contributed by atoms with Crippen LogP contribution in [0, 0.1) is 11.8 Å². The number of anilines is 1. The minimum absolute atomic E-state index is 0.0440. The van der Waals surface area contributed by atoms with Gasteiger partial charge in [-0.25, -0.2) is 4.79 Å². The Labute approximate surface area is 174 Å². The molecule has 0 bridgehead atoms. The van der Waals surface area contributed by atoms with E-state index < -0.39 is 0 Å². The van der Waals surface area contributed by atoms with Crippen LogP contribution in [-0.2, 0) is 13.6 Å². The highest BCUT2D eigenvalue weighted by atomic mass is 79.9. The highest BCUT2D eigenvalue weighted by Gasteiger charge is 2.27. The lowest BCUT2D eigenvalue weighted by Gasteiger charge is -2.35. The Hall–Kier alpha value is -2.28. The summed E-state index contributed by atoms with van der Waals surface area (Å²) in [6.07, 6.45) is 3.07. The number of benzene rings is 1. The van der Waals surface area contributed by atoms with Crippen LogP contribution in [0.2, 0.25) is 0 Å². The van der Waals surface area contributed by atoms with Crippen LogP contribution in [-0.4, -0.2) is 34.5 Å². The van der Waals surface area contributed by atoms with Crippen LogP contribution in [0.1, 0.15) is 36.3 Å². The van der Waals surface area contributed by atoms with Crippen LogP contribution in [0.3, 0.4) is 0 Å². The molecule has 6 nitrogen and oxygen atoms in total. The number of aryl methyl sites for hydroxylation is 1. The molecule has 2 aromatic rings. The van der Waals surface area contributed by atoms with Crippen molar-refractivity contribution in [3.63, 3.8) is 0 Å². The van der Waals surface area contributed by atoms with E-state index >= 15 is 0 Å². The van der Waals surface area contributed by atoms with Crippen molar-refractivity contribution in [2.24, 2.45) is 18.9 Å². The predicted molar refractivity (Wildman–Crippen MR) is 114 cm³/mol. The molecule has 7 heteroatoms. The maximum absolute atomic E-state index is 13.2. The van der Waals surface area contributed by atoms with Crippen LogP contribution in [0.5, 0.6) is 0 Å². The van der Waals surface area contributed by atoms with Crippen LogP contribution in [0.4, 0.5) is 10.5 Å². The van der Waals surface area contributed by atoms with E-state index in [2.05, 4.69) is 40.4 Å². The Morgan fingerprint density at radius 3 is 2.54 bits per heavy atom. The summed E-state index contributed by atoms with van der Waals surface area (Å²) >= 11 is 3.44. The zero-order valence-corrected chi connectivity index (χ0v) is 18.1. The lowest BCUT2D eigenvalue weighted by molar-refractivity contribution is 0.0624. The molecule has 1 aromatic heterocycles. The molecule has 1 fully saturated rings. The Bertz CT molecular complexity index is 854. The summed E-state index contributed by atoms with van der Waals surface area (Å²) in [7, 11) is 1.93. The molecule has 0 radical (unpaired) electrons. The van der Waals surface area contributed by atoms with Crippen molar-refractivity contribution in [3.8, 4) is 0 Å². The van der Waals surface area contributed by atoms with Gasteiger partial charge in [0.15, 0.2) is 0 Å². The maximum atomic E-state index is 13.2. The van der Waals surface area contributed by atoms with Gasteiger partial charge in [-0.15, -0.1) is 0 Å². The van der Waals surface area contributed by atoms with Gasteiger partial charge in [0.25, 0.3) is 5.91 Å². The number of halogens is 1. The number of nitrogens with zero attached hydrogens (tertiary/aromatic N) is 2. The first-order valence-electron chi connectivity index (χ1n) is 9.57. The first-order valence-corrected chi connectivity index (χ1v) is 10.4. The van der Waals surface area contributed by atoms with Gasteiger partial charge >= 0.3 is 6.03 Å². The molecule has 0 aliphatic carbocycles. The number of hydrogen-bond acceptors (Lipinski definition) is 2. The topological polar surface area (TPSA) is 66.4 Å². The van der Waals surface area contributed by atoms with E-state index in [4.69, 9.17) is 0 Å². The van der Waals surface area contributed by atoms with Crippen LogP contribution >= 0.6 is 15.9 Å². The number of piperidine rings is 1. The van der Waals surface area contributed by atoms with E-state index in [0.29, 0.717) is 29.6 Å². The average molecular weight is 447 g/mol. The minimum atomic E-state index is -0.335. The van der Waals surface area contributed by atoms with Gasteiger partial charge in [0.05, 0.1) is 17.8 Å². The van der Waals surface area contributed by atoms with Crippen molar-refractivity contribution >= 4 is 33.6 Å². The number of carbonyl (C=O) groups is 2. The molecule has 1 aliphatic heterocycles. The largest absolute Gasteiger partial charge is 0.353 e. The summed E-state index contributed by atoms with van der Waals surface area (Å²) in [6.45, 7) is 6.25. The van der Waals surface area contributed by atoms with Gasteiger partial charge in [-0.1, -0.05) is 29.8 Å². The maximum Gasteiger partial charge on any atom is 0.319 e. The lowest BCUT2D eigenvalue weighted by Crippen LogP contribution is -2.43. The van der Waals surface area contributed by atoms with E-state index in [-0.39, 0.29) is 11.9 Å². The summed E-state index contributed by atoms with van der Waals surface area (Å²) in [6, 6.07) is 8.91. The fourth-order valence-electron chi connectivity index (χ4n) is 3.82. The molecule has 1 aliphatic rings. The summed E-state index contributed by atoms with van der Waals surface area (Å²) in [5, 5.41) is 5.68. The molecule has 0 unspecified atom stereocenters. The highest BCUT2D eigenvalue weighted by molar-refractivity contribution is 9.10. The third-order valence-electron chi connectivity index (χ3n) is 5.10. The molecule has 0 spiro atoms. The van der Waals surface area contributed by atoms with Crippen molar-refractivity contribution in [1.82, 2.24) is 14.8 Å². The predicted octanol–water partition coefficient (Wildman–Crippen LogP) is 4.23. The number of likely N-dealkylation sites (tertiary alicyclic amines) is 1. The Kier molecular flexibility index (Phi) is 6.44. The van der Waals surface area contributed by atoms with Crippen LogP contribution in [0.25, 0.3) is 0 Å². The number of rotatable bonds is 4.